The first-order valence-corrected chi connectivity index (χ1v) is 9.80. The number of methoxy groups -OCH3 is 1. The molecular weight excluding hydrogens is 394 g/mol. The van der Waals surface area contributed by atoms with Gasteiger partial charge in [-0.1, -0.05) is 35.2 Å². The van der Waals surface area contributed by atoms with Gasteiger partial charge >= 0.3 is 0 Å². The molecule has 2 N–H and O–H groups in total. The highest BCUT2D eigenvalue weighted by atomic mass is 32.2. The number of halogens is 2. The van der Waals surface area contributed by atoms with Crippen LogP contribution in [0.2, 0.25) is 0 Å². The number of aliphatic hydroxyl groups excluding tert-OH is 1. The molecule has 0 bridgehead atoms. The molecule has 0 amide bonds. The molecule has 6 nitrogen and oxygen atoms in total. The summed E-state index contributed by atoms with van der Waals surface area (Å²) >= 11 is 2.45. The maximum absolute atomic E-state index is 13.9. The van der Waals surface area contributed by atoms with Gasteiger partial charge in [0.25, 0.3) is 5.19 Å². The average molecular weight is 412 g/mol. The maximum atomic E-state index is 13.9. The van der Waals surface area contributed by atoms with Crippen molar-refractivity contribution in [2.45, 2.75) is 30.3 Å². The maximum Gasteiger partial charge on any atom is 0.275 e. The smallest absolute Gasteiger partial charge is 0.275 e. The first kappa shape index (κ1) is 19.7. The van der Waals surface area contributed by atoms with E-state index >= 15 is 0 Å². The van der Waals surface area contributed by atoms with E-state index in [1.165, 1.54) is 42.3 Å². The molecule has 144 valence electrons. The highest BCUT2D eigenvalue weighted by Crippen LogP contribution is 2.34. The van der Waals surface area contributed by atoms with Crippen molar-refractivity contribution in [3.8, 4) is 5.19 Å². The molecule has 3 rings (SSSR count). The fraction of sp³-hybridized carbons (Fsp3) is 0.353. The van der Waals surface area contributed by atoms with Crippen molar-refractivity contribution in [2.75, 3.05) is 19.0 Å². The molecule has 0 atom stereocenters. The number of aliphatic hydroxyl groups is 1. The number of anilines is 1. The van der Waals surface area contributed by atoms with Crippen LogP contribution in [0.3, 0.4) is 0 Å². The summed E-state index contributed by atoms with van der Waals surface area (Å²) in [6, 6.07) is 4.05. The molecule has 2 heterocycles. The first-order chi connectivity index (χ1) is 12.8. The molecule has 10 heteroatoms. The Kier molecular flexibility index (Phi) is 5.78. The molecule has 0 spiro atoms. The lowest BCUT2D eigenvalue weighted by Crippen LogP contribution is -2.35. The van der Waals surface area contributed by atoms with Crippen molar-refractivity contribution < 1.29 is 18.6 Å². The molecule has 3 aromatic rings. The van der Waals surface area contributed by atoms with Crippen LogP contribution < -0.4 is 10.1 Å². The standard InChI is InChI=1S/C17H18F2N4O2S2/c1-17(2,8-24)23-14-12-13(22-16(25-3)27-12)20-15(21-14)26-7-9-5-4-6-10(18)11(9)19/h4-6,24H,7-8H2,1-3H3,(H,20,21,23). The lowest BCUT2D eigenvalue weighted by Gasteiger charge is -2.24. The predicted octanol–water partition coefficient (Wildman–Crippen LogP) is 3.85. The van der Waals surface area contributed by atoms with Crippen LogP contribution in [0, 0.1) is 11.6 Å². The van der Waals surface area contributed by atoms with Gasteiger partial charge in [0, 0.05) is 11.3 Å². The normalized spacial score (nSPS) is 11.8. The Morgan fingerprint density at radius 1 is 1.26 bits per heavy atom. The van der Waals surface area contributed by atoms with Crippen LogP contribution in [0.4, 0.5) is 14.6 Å². The lowest BCUT2D eigenvalue weighted by atomic mass is 10.1. The van der Waals surface area contributed by atoms with Gasteiger partial charge < -0.3 is 15.2 Å². The van der Waals surface area contributed by atoms with E-state index in [0.29, 0.717) is 26.5 Å². The zero-order chi connectivity index (χ0) is 19.6. The van der Waals surface area contributed by atoms with E-state index in [0.717, 1.165) is 6.07 Å². The first-order valence-electron chi connectivity index (χ1n) is 8.00. The molecule has 0 aliphatic heterocycles. The summed E-state index contributed by atoms with van der Waals surface area (Å²) in [5, 5.41) is 13.5. The number of ether oxygens (including phenoxy) is 1. The van der Waals surface area contributed by atoms with Crippen molar-refractivity contribution in [3.05, 3.63) is 35.4 Å². The minimum atomic E-state index is -0.888. The Morgan fingerprint density at radius 2 is 2.04 bits per heavy atom. The summed E-state index contributed by atoms with van der Waals surface area (Å²) in [6.45, 7) is 3.55. The Balaban J connectivity index is 1.94. The van der Waals surface area contributed by atoms with Gasteiger partial charge in [0.2, 0.25) is 0 Å². The molecule has 0 aliphatic rings. The van der Waals surface area contributed by atoms with E-state index in [1.54, 1.807) is 0 Å². The fourth-order valence-corrected chi connectivity index (χ4v) is 3.76. The third-order valence-corrected chi connectivity index (χ3v) is 5.54. The second-order valence-electron chi connectivity index (χ2n) is 6.36. The number of thioether (sulfide) groups is 1. The number of nitrogens with one attached hydrogen (secondary N) is 1. The molecule has 0 unspecified atom stereocenters. The summed E-state index contributed by atoms with van der Waals surface area (Å²) in [5.74, 6) is -1.09. The zero-order valence-electron chi connectivity index (χ0n) is 14.9. The van der Waals surface area contributed by atoms with Gasteiger partial charge in [0.05, 0.1) is 19.3 Å². The molecule has 27 heavy (non-hydrogen) atoms. The van der Waals surface area contributed by atoms with E-state index in [9.17, 15) is 13.9 Å². The number of hydrogen-bond acceptors (Lipinski definition) is 8. The highest BCUT2D eigenvalue weighted by Gasteiger charge is 2.21. The van der Waals surface area contributed by atoms with Gasteiger partial charge in [-0.2, -0.15) is 4.98 Å². The summed E-state index contributed by atoms with van der Waals surface area (Å²) in [5.41, 5.74) is 0.0461. The summed E-state index contributed by atoms with van der Waals surface area (Å²) in [4.78, 5) is 13.1. The van der Waals surface area contributed by atoms with E-state index in [1.807, 2.05) is 13.8 Å². The van der Waals surface area contributed by atoms with Crippen molar-refractivity contribution in [2.24, 2.45) is 0 Å². The molecular formula is C17H18F2N4O2S2. The number of aromatic nitrogens is 3. The Hall–Kier alpha value is -2.04. The topological polar surface area (TPSA) is 80.2 Å². The SMILES string of the molecule is COc1nc2nc(SCc3cccc(F)c3F)nc(NC(C)(C)CO)c2s1. The minimum Gasteiger partial charge on any atom is -0.473 e. The van der Waals surface area contributed by atoms with Crippen LogP contribution in [0.15, 0.2) is 23.4 Å². The second-order valence-corrected chi connectivity index (χ2v) is 8.26. The van der Waals surface area contributed by atoms with Gasteiger partial charge in [-0.3, -0.25) is 0 Å². The van der Waals surface area contributed by atoms with Gasteiger partial charge in [0.1, 0.15) is 4.70 Å². The van der Waals surface area contributed by atoms with Crippen LogP contribution in [0.5, 0.6) is 5.19 Å². The lowest BCUT2D eigenvalue weighted by molar-refractivity contribution is 0.234. The number of nitrogens with zero attached hydrogens (tertiary/aromatic N) is 3. The number of thiazole rings is 1. The van der Waals surface area contributed by atoms with Crippen molar-refractivity contribution in [1.82, 2.24) is 15.0 Å². The molecule has 0 aliphatic carbocycles. The van der Waals surface area contributed by atoms with Gasteiger partial charge in [-0.05, 0) is 19.9 Å². The van der Waals surface area contributed by atoms with Gasteiger partial charge in [0.15, 0.2) is 28.3 Å². The number of fused-ring (bicyclic) bond motifs is 1. The molecule has 1 aromatic carbocycles. The van der Waals surface area contributed by atoms with Gasteiger partial charge in [-0.25, -0.2) is 18.7 Å². The molecule has 0 saturated carbocycles. The number of rotatable bonds is 7. The van der Waals surface area contributed by atoms with Crippen LogP contribution in [-0.4, -0.2) is 39.3 Å². The minimum absolute atomic E-state index is 0.106. The van der Waals surface area contributed by atoms with Crippen molar-refractivity contribution in [3.63, 3.8) is 0 Å². The summed E-state index contributed by atoms with van der Waals surface area (Å²) in [6.07, 6.45) is 0. The molecule has 2 aromatic heterocycles. The van der Waals surface area contributed by atoms with Gasteiger partial charge in [-0.15, -0.1) is 0 Å². The quantitative estimate of drug-likeness (QED) is 0.451. The van der Waals surface area contributed by atoms with Crippen LogP contribution in [0.1, 0.15) is 19.4 Å². The van der Waals surface area contributed by atoms with Crippen molar-refractivity contribution >= 4 is 39.3 Å². The molecule has 0 saturated heterocycles. The summed E-state index contributed by atoms with van der Waals surface area (Å²) < 4.78 is 33.1. The van der Waals surface area contributed by atoms with E-state index in [2.05, 4.69) is 20.3 Å². The highest BCUT2D eigenvalue weighted by molar-refractivity contribution is 7.98. The zero-order valence-corrected chi connectivity index (χ0v) is 16.5. The van der Waals surface area contributed by atoms with E-state index in [-0.39, 0.29) is 17.9 Å². The average Bonchev–Trinajstić information content (AvgIpc) is 3.06. The summed E-state index contributed by atoms with van der Waals surface area (Å²) in [7, 11) is 1.51. The molecule has 0 radical (unpaired) electrons. The van der Waals surface area contributed by atoms with E-state index < -0.39 is 17.2 Å². The number of benzene rings is 1. The van der Waals surface area contributed by atoms with Crippen LogP contribution in [0.25, 0.3) is 10.3 Å². The number of hydrogen-bond donors (Lipinski definition) is 2. The molecule has 0 fully saturated rings. The predicted molar refractivity (Wildman–Crippen MR) is 102 cm³/mol. The third-order valence-electron chi connectivity index (χ3n) is 3.63. The Labute approximate surface area is 163 Å². The Bertz CT molecular complexity index is 966. The van der Waals surface area contributed by atoms with E-state index in [4.69, 9.17) is 4.74 Å². The monoisotopic (exact) mass is 412 g/mol. The van der Waals surface area contributed by atoms with Crippen LogP contribution >= 0.6 is 23.1 Å². The van der Waals surface area contributed by atoms with Crippen LogP contribution in [-0.2, 0) is 5.75 Å². The fourth-order valence-electron chi connectivity index (χ4n) is 2.18. The third kappa shape index (κ3) is 4.45. The Morgan fingerprint density at radius 3 is 2.74 bits per heavy atom. The largest absolute Gasteiger partial charge is 0.473 e. The second kappa shape index (κ2) is 7.91. The van der Waals surface area contributed by atoms with Crippen molar-refractivity contribution in [1.29, 1.82) is 0 Å².